The van der Waals surface area contributed by atoms with E-state index in [0.717, 1.165) is 63.9 Å². The van der Waals surface area contributed by atoms with Crippen LogP contribution in [0.15, 0.2) is 147 Å². The van der Waals surface area contributed by atoms with E-state index in [1.807, 2.05) is 92.7 Å². The first-order valence-corrected chi connectivity index (χ1v) is 20.9. The molecular formula is C48H46BClN13O3-. The number of carbonyl (C=O) groups is 2. The number of hydrogen-bond donors (Lipinski definition) is 4. The minimum absolute atomic E-state index is 0. The van der Waals surface area contributed by atoms with Crippen molar-refractivity contribution in [1.82, 2.24) is 39.9 Å². The third kappa shape index (κ3) is 12.1. The third-order valence-corrected chi connectivity index (χ3v) is 10.2. The Morgan fingerprint density at radius 3 is 1.59 bits per heavy atom. The summed E-state index contributed by atoms with van der Waals surface area (Å²) in [6, 6.07) is 29.2. The molecule has 1 aliphatic rings. The summed E-state index contributed by atoms with van der Waals surface area (Å²) in [5, 5.41) is 12.6. The Morgan fingerprint density at radius 1 is 0.591 bits per heavy atom. The molecule has 0 radical (unpaired) electrons. The Labute approximate surface area is 388 Å². The molecule has 0 aliphatic carbocycles. The van der Waals surface area contributed by atoms with Gasteiger partial charge in [-0.3, -0.25) is 19.6 Å². The van der Waals surface area contributed by atoms with Crippen molar-refractivity contribution in [3.05, 3.63) is 174 Å². The summed E-state index contributed by atoms with van der Waals surface area (Å²) in [6.45, 7) is 6.78. The summed E-state index contributed by atoms with van der Waals surface area (Å²) in [6.07, 6.45) is 13.5. The Bertz CT molecular complexity index is 2930. The van der Waals surface area contributed by atoms with Gasteiger partial charge in [-0.05, 0) is 110 Å². The zero-order valence-corrected chi connectivity index (χ0v) is 36.1. The highest BCUT2D eigenvalue weighted by Crippen LogP contribution is 2.27. The molecule has 16 nitrogen and oxygen atoms in total. The number of ether oxygens (including phenoxy) is 1. The fourth-order valence-corrected chi connectivity index (χ4v) is 6.75. The van der Waals surface area contributed by atoms with Gasteiger partial charge in [0.15, 0.2) is 0 Å². The number of anilines is 7. The number of rotatable bonds is 11. The SMILES string of the molecule is Cc1ccc(NC(=O)c2ccnc(Cl)c2)cc1Nc1nccc(-c2cccnc2)n1.Cc1ccc(NC(=O)c2ccnc(N3CCOCC3)c2)cc1Nc1nccc(-c2cccnc2)n1.[BH4-]. The van der Waals surface area contributed by atoms with Gasteiger partial charge < -0.3 is 30.9 Å². The topological polar surface area (TPSA) is 198 Å². The molecule has 1 saturated heterocycles. The Balaban J connectivity index is 0.000000196. The van der Waals surface area contributed by atoms with Crippen molar-refractivity contribution in [3.63, 3.8) is 0 Å². The Kier molecular flexibility index (Phi) is 15.3. The quantitative estimate of drug-likeness (QED) is 0.0735. The molecule has 2 amide bonds. The van der Waals surface area contributed by atoms with Gasteiger partial charge in [0, 0.05) is 108 Å². The lowest BCUT2D eigenvalue weighted by Gasteiger charge is -2.27. The summed E-state index contributed by atoms with van der Waals surface area (Å²) in [4.78, 5) is 61.9. The molecule has 0 atom stereocenters. The molecule has 1 aliphatic heterocycles. The molecule has 0 bridgehead atoms. The van der Waals surface area contributed by atoms with Gasteiger partial charge in [0.25, 0.3) is 11.8 Å². The average Bonchev–Trinajstić information content (AvgIpc) is 3.35. The van der Waals surface area contributed by atoms with E-state index >= 15 is 0 Å². The van der Waals surface area contributed by atoms with E-state index in [9.17, 15) is 9.59 Å². The van der Waals surface area contributed by atoms with Crippen molar-refractivity contribution in [2.45, 2.75) is 13.8 Å². The molecule has 7 heterocycles. The summed E-state index contributed by atoms with van der Waals surface area (Å²) in [5.74, 6) is 1.21. The predicted molar refractivity (Wildman–Crippen MR) is 263 cm³/mol. The van der Waals surface area contributed by atoms with Gasteiger partial charge in [-0.2, -0.15) is 0 Å². The van der Waals surface area contributed by atoms with E-state index in [0.29, 0.717) is 47.6 Å². The van der Waals surface area contributed by atoms with Gasteiger partial charge in [-0.1, -0.05) is 32.1 Å². The van der Waals surface area contributed by atoms with E-state index < -0.39 is 0 Å². The second-order valence-corrected chi connectivity index (χ2v) is 15.0. The van der Waals surface area contributed by atoms with Crippen LogP contribution in [0.5, 0.6) is 0 Å². The zero-order chi connectivity index (χ0) is 45.0. The van der Waals surface area contributed by atoms with E-state index in [1.165, 1.54) is 12.3 Å². The normalized spacial score (nSPS) is 11.8. The summed E-state index contributed by atoms with van der Waals surface area (Å²) in [5.41, 5.74) is 9.17. The number of amides is 2. The number of morpholine rings is 1. The van der Waals surface area contributed by atoms with Gasteiger partial charge >= 0.3 is 0 Å². The highest BCUT2D eigenvalue weighted by atomic mass is 35.5. The predicted octanol–water partition coefficient (Wildman–Crippen LogP) is 7.51. The van der Waals surface area contributed by atoms with Crippen LogP contribution in [0.3, 0.4) is 0 Å². The van der Waals surface area contributed by atoms with E-state index in [2.05, 4.69) is 66.0 Å². The van der Waals surface area contributed by atoms with Crippen molar-refractivity contribution >= 4 is 72.3 Å². The van der Waals surface area contributed by atoms with Crippen LogP contribution in [0.25, 0.3) is 22.5 Å². The van der Waals surface area contributed by atoms with Crippen molar-refractivity contribution in [2.24, 2.45) is 0 Å². The number of pyridine rings is 4. The fraction of sp³-hybridized carbons (Fsp3) is 0.125. The van der Waals surface area contributed by atoms with Crippen molar-refractivity contribution in [3.8, 4) is 22.5 Å². The number of nitrogens with zero attached hydrogens (tertiary/aromatic N) is 9. The molecule has 18 heteroatoms. The van der Waals surface area contributed by atoms with Crippen molar-refractivity contribution in [2.75, 3.05) is 52.5 Å². The van der Waals surface area contributed by atoms with Crippen LogP contribution in [0, 0.1) is 13.8 Å². The second kappa shape index (κ2) is 22.0. The first-order chi connectivity index (χ1) is 31.7. The van der Waals surface area contributed by atoms with E-state index in [1.54, 1.807) is 55.5 Å². The van der Waals surface area contributed by atoms with Crippen LogP contribution in [0.2, 0.25) is 5.15 Å². The number of aromatic nitrogens is 8. The molecule has 0 saturated carbocycles. The highest BCUT2D eigenvalue weighted by molar-refractivity contribution is 6.29. The molecule has 2 aromatic carbocycles. The molecule has 8 aromatic rings. The van der Waals surface area contributed by atoms with Crippen molar-refractivity contribution < 1.29 is 14.3 Å². The molecule has 1 fully saturated rings. The number of halogens is 1. The Morgan fingerprint density at radius 2 is 1.09 bits per heavy atom. The molecule has 4 N–H and O–H groups in total. The Hall–Kier alpha value is -8.15. The fourth-order valence-electron chi connectivity index (χ4n) is 6.57. The van der Waals surface area contributed by atoms with Gasteiger partial charge in [-0.15, -0.1) is 0 Å². The molecule has 66 heavy (non-hydrogen) atoms. The van der Waals surface area contributed by atoms with Gasteiger partial charge in [0.1, 0.15) is 11.0 Å². The second-order valence-electron chi connectivity index (χ2n) is 14.6. The van der Waals surface area contributed by atoms with E-state index in [-0.39, 0.29) is 25.4 Å². The minimum atomic E-state index is -0.274. The summed E-state index contributed by atoms with van der Waals surface area (Å²) >= 11 is 5.87. The number of aryl methyl sites for hydroxylation is 2. The van der Waals surface area contributed by atoms with Gasteiger partial charge in [0.05, 0.1) is 24.6 Å². The number of hydrogen-bond acceptors (Lipinski definition) is 14. The van der Waals surface area contributed by atoms with Crippen molar-refractivity contribution in [1.29, 1.82) is 0 Å². The number of nitrogens with one attached hydrogen (secondary N) is 4. The van der Waals surface area contributed by atoms with Crippen LogP contribution in [0.4, 0.5) is 40.5 Å². The molecule has 6 aromatic heterocycles. The standard InChI is InChI=1S/C26H25N7O2.C22H17ClN6O.BH4/c1-18-4-5-21(30-25(34)19-6-9-28-24(15-19)33-11-13-35-14-12-33)16-23(18)32-26-29-10-7-22(31-26)20-3-2-8-27-17-20;1-14-4-5-17(27-21(30)15-6-9-25-20(23)11-15)12-19(14)29-22-26-10-7-18(28-22)16-3-2-8-24-13-16;/h2-10,15-17H,11-14H2,1H3,(H,30,34)(H,29,31,32);2-13H,1H3,(H,27,30)(H,26,28,29);1H4/q;;-1. The minimum Gasteiger partial charge on any atom is -0.378 e. The lowest BCUT2D eigenvalue weighted by Crippen LogP contribution is -2.36. The van der Waals surface area contributed by atoms with E-state index in [4.69, 9.17) is 16.3 Å². The molecule has 9 rings (SSSR count). The summed E-state index contributed by atoms with van der Waals surface area (Å²) < 4.78 is 5.40. The summed E-state index contributed by atoms with van der Waals surface area (Å²) in [7, 11) is 0. The molecule has 0 unspecified atom stereocenters. The number of carbonyl (C=O) groups excluding carboxylic acids is 2. The van der Waals surface area contributed by atoms with Crippen LogP contribution in [-0.4, -0.2) is 86.4 Å². The first-order valence-electron chi connectivity index (χ1n) is 20.5. The maximum Gasteiger partial charge on any atom is 0.255 e. The smallest absolute Gasteiger partial charge is 0.255 e. The third-order valence-electron chi connectivity index (χ3n) is 10.0. The lowest BCUT2D eigenvalue weighted by atomic mass is 10.1. The van der Waals surface area contributed by atoms with Crippen LogP contribution < -0.4 is 26.2 Å². The monoisotopic (exact) mass is 898 g/mol. The van der Waals surface area contributed by atoms with Gasteiger partial charge in [-0.25, -0.2) is 29.9 Å². The van der Waals surface area contributed by atoms with Crippen LogP contribution >= 0.6 is 11.6 Å². The molecule has 332 valence electrons. The number of benzene rings is 2. The highest BCUT2D eigenvalue weighted by Gasteiger charge is 2.16. The largest absolute Gasteiger partial charge is 0.378 e. The lowest BCUT2D eigenvalue weighted by molar-refractivity contribution is 0.101. The van der Waals surface area contributed by atoms with Gasteiger partial charge in [0.2, 0.25) is 11.9 Å². The van der Waals surface area contributed by atoms with Crippen LogP contribution in [-0.2, 0) is 4.74 Å². The molecule has 0 spiro atoms. The zero-order valence-electron chi connectivity index (χ0n) is 35.3. The first kappa shape index (κ1) is 45.9. The molecular weight excluding hydrogens is 853 g/mol. The maximum absolute atomic E-state index is 13.0. The average molecular weight is 899 g/mol. The maximum atomic E-state index is 13.0. The van der Waals surface area contributed by atoms with Crippen LogP contribution in [0.1, 0.15) is 31.8 Å².